The molecule has 1 atom stereocenters. The molecule has 3 heterocycles. The van der Waals surface area contributed by atoms with Crippen molar-refractivity contribution in [3.63, 3.8) is 0 Å². The van der Waals surface area contributed by atoms with Crippen LogP contribution in [0.15, 0.2) is 6.20 Å². The highest BCUT2D eigenvalue weighted by atomic mass is 16.6. The van der Waals surface area contributed by atoms with Crippen LogP contribution < -0.4 is 5.32 Å². The Bertz CT molecular complexity index is 510. The van der Waals surface area contributed by atoms with E-state index in [0.29, 0.717) is 13.1 Å². The van der Waals surface area contributed by atoms with Crippen molar-refractivity contribution in [1.82, 2.24) is 25.2 Å². The molecule has 1 aromatic heterocycles. The van der Waals surface area contributed by atoms with Gasteiger partial charge in [-0.2, -0.15) is 0 Å². The molecule has 1 unspecified atom stereocenters. The predicted molar refractivity (Wildman–Crippen MR) is 60.7 cm³/mol. The summed E-state index contributed by atoms with van der Waals surface area (Å²) in [5.74, 6) is -1.08. The number of alkyl carbamates (subject to hydrolysis) is 1. The second-order valence-electron chi connectivity index (χ2n) is 4.67. The first kappa shape index (κ1) is 11.9. The molecule has 2 aliphatic rings. The number of aromatic carboxylic acids is 1. The fraction of sp³-hybridized carbons (Fsp3) is 0.600. The average Bonchev–Trinajstić information content (AvgIpc) is 2.91. The van der Waals surface area contributed by atoms with Crippen molar-refractivity contribution < 1.29 is 19.4 Å². The second-order valence-corrected chi connectivity index (χ2v) is 4.67. The van der Waals surface area contributed by atoms with Crippen LogP contribution >= 0.6 is 0 Å². The van der Waals surface area contributed by atoms with Crippen LogP contribution in [0.2, 0.25) is 0 Å². The summed E-state index contributed by atoms with van der Waals surface area (Å²) in [5, 5.41) is 18.7. The van der Waals surface area contributed by atoms with Crippen molar-refractivity contribution in [2.45, 2.75) is 12.1 Å². The van der Waals surface area contributed by atoms with Crippen LogP contribution in [-0.2, 0) is 4.74 Å². The number of cyclic esters (lactones) is 1. The summed E-state index contributed by atoms with van der Waals surface area (Å²) in [4.78, 5) is 23.7. The van der Waals surface area contributed by atoms with Gasteiger partial charge in [0.15, 0.2) is 5.69 Å². The highest BCUT2D eigenvalue weighted by Gasteiger charge is 2.33. The van der Waals surface area contributed by atoms with Crippen LogP contribution in [0.5, 0.6) is 0 Å². The Kier molecular flexibility index (Phi) is 2.82. The van der Waals surface area contributed by atoms with E-state index in [2.05, 4.69) is 20.5 Å². The summed E-state index contributed by atoms with van der Waals surface area (Å²) >= 11 is 0. The second kappa shape index (κ2) is 4.50. The van der Waals surface area contributed by atoms with Gasteiger partial charge in [0.1, 0.15) is 6.10 Å². The number of nitrogens with one attached hydrogen (secondary N) is 1. The van der Waals surface area contributed by atoms with Crippen molar-refractivity contribution >= 4 is 12.1 Å². The minimum absolute atomic E-state index is 0.0487. The maximum Gasteiger partial charge on any atom is 0.407 e. The molecule has 0 bridgehead atoms. The highest BCUT2D eigenvalue weighted by molar-refractivity contribution is 5.84. The number of carbonyl (C=O) groups excluding carboxylic acids is 1. The number of nitrogens with zero attached hydrogens (tertiary/aromatic N) is 4. The van der Waals surface area contributed by atoms with Gasteiger partial charge in [-0.1, -0.05) is 5.21 Å². The Hall–Kier alpha value is -2.16. The third-order valence-electron chi connectivity index (χ3n) is 3.25. The van der Waals surface area contributed by atoms with E-state index in [1.54, 1.807) is 4.68 Å². The summed E-state index contributed by atoms with van der Waals surface area (Å²) in [6, 6.07) is 0.130. The minimum atomic E-state index is -1.08. The maximum atomic E-state index is 10.9. The van der Waals surface area contributed by atoms with E-state index < -0.39 is 5.97 Å². The zero-order chi connectivity index (χ0) is 13.4. The van der Waals surface area contributed by atoms with Crippen LogP contribution in [0.25, 0.3) is 0 Å². The lowest BCUT2D eigenvalue weighted by molar-refractivity contribution is 0.0467. The number of carbonyl (C=O) groups is 2. The molecule has 0 saturated carbocycles. The molecule has 102 valence electrons. The van der Waals surface area contributed by atoms with Gasteiger partial charge in [0.2, 0.25) is 0 Å². The lowest BCUT2D eigenvalue weighted by Crippen LogP contribution is -2.51. The molecule has 0 spiro atoms. The fourth-order valence-electron chi connectivity index (χ4n) is 2.23. The Morgan fingerprint density at radius 3 is 2.95 bits per heavy atom. The van der Waals surface area contributed by atoms with Gasteiger partial charge in [0, 0.05) is 19.6 Å². The van der Waals surface area contributed by atoms with Gasteiger partial charge >= 0.3 is 12.1 Å². The zero-order valence-electron chi connectivity index (χ0n) is 10.0. The Morgan fingerprint density at radius 1 is 1.58 bits per heavy atom. The van der Waals surface area contributed by atoms with Crippen molar-refractivity contribution in [1.29, 1.82) is 0 Å². The van der Waals surface area contributed by atoms with Gasteiger partial charge in [-0.05, 0) is 0 Å². The standard InChI is InChI=1S/C10H13N5O4/c16-9(17)8-5-15(13-12-8)6-2-14(3-6)4-7-1-11-10(18)19-7/h5-7H,1-4H2,(H,11,18)(H,16,17). The van der Waals surface area contributed by atoms with E-state index >= 15 is 0 Å². The normalized spacial score (nSPS) is 23.8. The first-order valence-electron chi connectivity index (χ1n) is 5.94. The monoisotopic (exact) mass is 267 g/mol. The van der Waals surface area contributed by atoms with Gasteiger partial charge in [0.05, 0.1) is 18.8 Å². The lowest BCUT2D eigenvalue weighted by atomic mass is 10.1. The Balaban J connectivity index is 1.49. The molecule has 2 saturated heterocycles. The van der Waals surface area contributed by atoms with E-state index in [4.69, 9.17) is 9.84 Å². The molecule has 19 heavy (non-hydrogen) atoms. The van der Waals surface area contributed by atoms with Crippen LogP contribution in [0.4, 0.5) is 4.79 Å². The number of hydrogen-bond donors (Lipinski definition) is 2. The van der Waals surface area contributed by atoms with Crippen molar-refractivity contribution in [2.24, 2.45) is 0 Å². The molecule has 2 aliphatic heterocycles. The van der Waals surface area contributed by atoms with Crippen molar-refractivity contribution in [2.75, 3.05) is 26.2 Å². The number of likely N-dealkylation sites (tertiary alicyclic amines) is 1. The lowest BCUT2D eigenvalue weighted by Gasteiger charge is -2.39. The number of aromatic nitrogens is 3. The van der Waals surface area contributed by atoms with Gasteiger partial charge in [-0.3, -0.25) is 4.90 Å². The Morgan fingerprint density at radius 2 is 2.37 bits per heavy atom. The summed E-state index contributed by atoms with van der Waals surface area (Å²) in [6.45, 7) is 2.70. The average molecular weight is 267 g/mol. The van der Waals surface area contributed by atoms with Crippen LogP contribution in [-0.4, -0.2) is 69.3 Å². The van der Waals surface area contributed by atoms with Gasteiger partial charge in [-0.25, -0.2) is 14.3 Å². The van der Waals surface area contributed by atoms with Crippen molar-refractivity contribution in [3.05, 3.63) is 11.9 Å². The molecule has 1 aromatic rings. The summed E-state index contributed by atoms with van der Waals surface area (Å²) in [7, 11) is 0. The number of carboxylic acid groups (broad SMARTS) is 1. The first-order valence-corrected chi connectivity index (χ1v) is 5.94. The molecule has 9 heteroatoms. The topological polar surface area (TPSA) is 110 Å². The molecule has 0 radical (unpaired) electrons. The molecular weight excluding hydrogens is 254 g/mol. The molecule has 0 aromatic carbocycles. The third-order valence-corrected chi connectivity index (χ3v) is 3.25. The minimum Gasteiger partial charge on any atom is -0.476 e. The van der Waals surface area contributed by atoms with E-state index in [1.165, 1.54) is 6.20 Å². The summed E-state index contributed by atoms with van der Waals surface area (Å²) in [6.07, 6.45) is 0.949. The maximum absolute atomic E-state index is 10.9. The summed E-state index contributed by atoms with van der Waals surface area (Å²) < 4.78 is 6.61. The Labute approximate surface area is 108 Å². The number of amides is 1. The highest BCUT2D eigenvalue weighted by Crippen LogP contribution is 2.21. The summed E-state index contributed by atoms with van der Waals surface area (Å²) in [5.41, 5.74) is -0.0487. The SMILES string of the molecule is O=C1NCC(CN2CC(n3cc(C(=O)O)nn3)C2)O1. The molecule has 9 nitrogen and oxygen atoms in total. The number of carboxylic acids is 1. The van der Waals surface area contributed by atoms with Crippen LogP contribution in [0, 0.1) is 0 Å². The van der Waals surface area contributed by atoms with Gasteiger partial charge < -0.3 is 15.2 Å². The van der Waals surface area contributed by atoms with Crippen LogP contribution in [0.3, 0.4) is 0 Å². The molecule has 3 rings (SSSR count). The molecule has 2 fully saturated rings. The third kappa shape index (κ3) is 2.36. The molecule has 2 N–H and O–H groups in total. The van der Waals surface area contributed by atoms with E-state index in [9.17, 15) is 9.59 Å². The number of rotatable bonds is 4. The van der Waals surface area contributed by atoms with Crippen LogP contribution in [0.1, 0.15) is 16.5 Å². The van der Waals surface area contributed by atoms with E-state index in [1.807, 2.05) is 0 Å². The van der Waals surface area contributed by atoms with Crippen molar-refractivity contribution in [3.8, 4) is 0 Å². The fourth-order valence-corrected chi connectivity index (χ4v) is 2.23. The predicted octanol–water partition coefficient (Wildman–Crippen LogP) is -1.06. The largest absolute Gasteiger partial charge is 0.476 e. The molecule has 0 aliphatic carbocycles. The zero-order valence-corrected chi connectivity index (χ0v) is 10.0. The van der Waals surface area contributed by atoms with Gasteiger partial charge in [0.25, 0.3) is 0 Å². The first-order chi connectivity index (χ1) is 9.11. The van der Waals surface area contributed by atoms with E-state index in [-0.39, 0.29) is 23.9 Å². The molecule has 1 amide bonds. The smallest absolute Gasteiger partial charge is 0.407 e. The van der Waals surface area contributed by atoms with Gasteiger partial charge in [-0.15, -0.1) is 5.10 Å². The van der Waals surface area contributed by atoms with E-state index in [0.717, 1.165) is 13.1 Å². The quantitative estimate of drug-likeness (QED) is 0.715. The number of hydrogen-bond acceptors (Lipinski definition) is 6. The number of ether oxygens (including phenoxy) is 1. The molecular formula is C10H13N5O4.